The van der Waals surface area contributed by atoms with Crippen molar-refractivity contribution in [3.63, 3.8) is 0 Å². The number of rotatable bonds is 4. The standard InChI is InChI=1S/C17H17BrN2O2/c1-12(13-6-3-2-4-7-13)11-19-16(21)17(22)20-15-9-5-8-14(18)10-15/h2-10,12H,11H2,1H3,(H,19,21)(H,20,22)/t12-/m1/s1. The molecule has 0 radical (unpaired) electrons. The van der Waals surface area contributed by atoms with Crippen LogP contribution in [0.15, 0.2) is 59.1 Å². The van der Waals surface area contributed by atoms with Crippen LogP contribution in [0.3, 0.4) is 0 Å². The summed E-state index contributed by atoms with van der Waals surface area (Å²) in [5.41, 5.74) is 1.70. The maximum atomic E-state index is 11.8. The largest absolute Gasteiger partial charge is 0.347 e. The van der Waals surface area contributed by atoms with E-state index in [9.17, 15) is 9.59 Å². The molecule has 2 aromatic carbocycles. The molecule has 0 fully saturated rings. The predicted molar refractivity (Wildman–Crippen MR) is 90.6 cm³/mol. The molecule has 0 unspecified atom stereocenters. The van der Waals surface area contributed by atoms with Crippen LogP contribution in [0.2, 0.25) is 0 Å². The van der Waals surface area contributed by atoms with Gasteiger partial charge in [0.15, 0.2) is 0 Å². The Morgan fingerprint density at radius 2 is 1.77 bits per heavy atom. The minimum absolute atomic E-state index is 0.142. The van der Waals surface area contributed by atoms with Crippen LogP contribution in [0.1, 0.15) is 18.4 Å². The number of halogens is 1. The van der Waals surface area contributed by atoms with E-state index in [1.54, 1.807) is 18.2 Å². The highest BCUT2D eigenvalue weighted by atomic mass is 79.9. The van der Waals surface area contributed by atoms with Gasteiger partial charge in [-0.2, -0.15) is 0 Å². The van der Waals surface area contributed by atoms with Gasteiger partial charge in [0.05, 0.1) is 0 Å². The van der Waals surface area contributed by atoms with Crippen LogP contribution in [0.4, 0.5) is 5.69 Å². The van der Waals surface area contributed by atoms with Gasteiger partial charge in [-0.15, -0.1) is 0 Å². The molecule has 0 aliphatic carbocycles. The second kappa shape index (κ2) is 7.75. The molecule has 2 rings (SSSR count). The van der Waals surface area contributed by atoms with Crippen molar-refractivity contribution in [3.05, 3.63) is 64.6 Å². The third kappa shape index (κ3) is 4.70. The SMILES string of the molecule is C[C@H](CNC(=O)C(=O)Nc1cccc(Br)c1)c1ccccc1. The Kier molecular flexibility index (Phi) is 5.72. The minimum Gasteiger partial charge on any atom is -0.347 e. The van der Waals surface area contributed by atoms with Gasteiger partial charge < -0.3 is 10.6 Å². The van der Waals surface area contributed by atoms with E-state index in [1.807, 2.05) is 43.3 Å². The van der Waals surface area contributed by atoms with Crippen molar-refractivity contribution in [1.82, 2.24) is 5.32 Å². The Morgan fingerprint density at radius 1 is 1.05 bits per heavy atom. The van der Waals surface area contributed by atoms with Gasteiger partial charge in [-0.05, 0) is 29.7 Å². The third-order valence-corrected chi connectivity index (χ3v) is 3.72. The first-order chi connectivity index (χ1) is 10.6. The van der Waals surface area contributed by atoms with Crippen molar-refractivity contribution < 1.29 is 9.59 Å². The second-order valence-corrected chi connectivity index (χ2v) is 5.90. The van der Waals surface area contributed by atoms with Crippen LogP contribution in [-0.4, -0.2) is 18.4 Å². The molecule has 5 heteroatoms. The predicted octanol–water partition coefficient (Wildman–Crippen LogP) is 3.31. The van der Waals surface area contributed by atoms with Crippen LogP contribution >= 0.6 is 15.9 Å². The van der Waals surface area contributed by atoms with Gasteiger partial charge in [-0.3, -0.25) is 9.59 Å². The van der Waals surface area contributed by atoms with Crippen molar-refractivity contribution in [2.24, 2.45) is 0 Å². The maximum Gasteiger partial charge on any atom is 0.313 e. The smallest absolute Gasteiger partial charge is 0.313 e. The summed E-state index contributed by atoms with van der Waals surface area (Å²) in [5, 5.41) is 5.22. The molecule has 0 bridgehead atoms. The molecular formula is C17H17BrN2O2. The Morgan fingerprint density at radius 3 is 2.45 bits per heavy atom. The van der Waals surface area contributed by atoms with Gasteiger partial charge in [-0.25, -0.2) is 0 Å². The van der Waals surface area contributed by atoms with E-state index in [4.69, 9.17) is 0 Å². The van der Waals surface area contributed by atoms with E-state index in [0.717, 1.165) is 10.0 Å². The zero-order valence-electron chi connectivity index (χ0n) is 12.2. The quantitative estimate of drug-likeness (QED) is 0.821. The van der Waals surface area contributed by atoms with Gasteiger partial charge in [0, 0.05) is 16.7 Å². The molecule has 0 saturated heterocycles. The third-order valence-electron chi connectivity index (χ3n) is 3.23. The number of carbonyl (C=O) groups is 2. The Hall–Kier alpha value is -2.14. The Bertz CT molecular complexity index is 659. The normalized spacial score (nSPS) is 11.5. The lowest BCUT2D eigenvalue weighted by Crippen LogP contribution is -2.37. The summed E-state index contributed by atoms with van der Waals surface area (Å²) in [5.74, 6) is -1.16. The first-order valence-electron chi connectivity index (χ1n) is 6.96. The molecular weight excluding hydrogens is 344 g/mol. The van der Waals surface area contributed by atoms with E-state index >= 15 is 0 Å². The fourth-order valence-corrected chi connectivity index (χ4v) is 2.38. The van der Waals surface area contributed by atoms with E-state index in [0.29, 0.717) is 12.2 Å². The van der Waals surface area contributed by atoms with Crippen molar-refractivity contribution in [3.8, 4) is 0 Å². The number of hydrogen-bond donors (Lipinski definition) is 2. The highest BCUT2D eigenvalue weighted by Crippen LogP contribution is 2.15. The monoisotopic (exact) mass is 360 g/mol. The maximum absolute atomic E-state index is 11.8. The van der Waals surface area contributed by atoms with Crippen molar-refractivity contribution >= 4 is 33.4 Å². The molecule has 22 heavy (non-hydrogen) atoms. The molecule has 0 aliphatic rings. The summed E-state index contributed by atoms with van der Waals surface area (Å²) in [6.07, 6.45) is 0. The van der Waals surface area contributed by atoms with E-state index in [2.05, 4.69) is 26.6 Å². The molecule has 0 heterocycles. The molecule has 114 valence electrons. The zero-order valence-corrected chi connectivity index (χ0v) is 13.8. The van der Waals surface area contributed by atoms with Gasteiger partial charge >= 0.3 is 11.8 Å². The average Bonchev–Trinajstić information content (AvgIpc) is 2.53. The van der Waals surface area contributed by atoms with Crippen LogP contribution in [0.5, 0.6) is 0 Å². The summed E-state index contributed by atoms with van der Waals surface area (Å²) in [4.78, 5) is 23.7. The molecule has 0 spiro atoms. The molecule has 4 nitrogen and oxygen atoms in total. The van der Waals surface area contributed by atoms with Gasteiger partial charge in [-0.1, -0.05) is 59.3 Å². The van der Waals surface area contributed by atoms with Crippen molar-refractivity contribution in [2.75, 3.05) is 11.9 Å². The Labute approximate surface area is 138 Å². The van der Waals surface area contributed by atoms with Crippen LogP contribution < -0.4 is 10.6 Å². The van der Waals surface area contributed by atoms with E-state index in [-0.39, 0.29) is 5.92 Å². The summed E-state index contributed by atoms with van der Waals surface area (Å²) < 4.78 is 0.836. The van der Waals surface area contributed by atoms with Crippen molar-refractivity contribution in [1.29, 1.82) is 0 Å². The van der Waals surface area contributed by atoms with E-state index in [1.165, 1.54) is 0 Å². The summed E-state index contributed by atoms with van der Waals surface area (Å²) >= 11 is 3.31. The summed E-state index contributed by atoms with van der Waals surface area (Å²) in [7, 11) is 0. The van der Waals surface area contributed by atoms with Gasteiger partial charge in [0.1, 0.15) is 0 Å². The minimum atomic E-state index is -0.668. The lowest BCUT2D eigenvalue weighted by molar-refractivity contribution is -0.136. The van der Waals surface area contributed by atoms with E-state index < -0.39 is 11.8 Å². The average molecular weight is 361 g/mol. The molecule has 0 aromatic heterocycles. The highest BCUT2D eigenvalue weighted by Gasteiger charge is 2.15. The number of benzene rings is 2. The molecule has 2 aromatic rings. The van der Waals surface area contributed by atoms with Crippen LogP contribution in [0, 0.1) is 0 Å². The molecule has 1 atom stereocenters. The number of nitrogens with one attached hydrogen (secondary N) is 2. The number of carbonyl (C=O) groups excluding carboxylic acids is 2. The summed E-state index contributed by atoms with van der Waals surface area (Å²) in [6.45, 7) is 2.41. The Balaban J connectivity index is 1.85. The molecule has 2 amide bonds. The first-order valence-corrected chi connectivity index (χ1v) is 7.75. The fraction of sp³-hybridized carbons (Fsp3) is 0.176. The van der Waals surface area contributed by atoms with Crippen molar-refractivity contribution in [2.45, 2.75) is 12.8 Å². The number of amides is 2. The molecule has 2 N–H and O–H groups in total. The lowest BCUT2D eigenvalue weighted by Gasteiger charge is -2.13. The van der Waals surface area contributed by atoms with Crippen LogP contribution in [-0.2, 0) is 9.59 Å². The topological polar surface area (TPSA) is 58.2 Å². The highest BCUT2D eigenvalue weighted by molar-refractivity contribution is 9.10. The first kappa shape index (κ1) is 16.2. The second-order valence-electron chi connectivity index (χ2n) is 4.99. The van der Waals surface area contributed by atoms with Crippen LogP contribution in [0.25, 0.3) is 0 Å². The number of anilines is 1. The molecule has 0 saturated carbocycles. The fourth-order valence-electron chi connectivity index (χ4n) is 1.98. The van der Waals surface area contributed by atoms with Gasteiger partial charge in [0.25, 0.3) is 0 Å². The summed E-state index contributed by atoms with van der Waals surface area (Å²) in [6, 6.07) is 16.9. The zero-order chi connectivity index (χ0) is 15.9. The lowest BCUT2D eigenvalue weighted by atomic mass is 10.0. The number of hydrogen-bond acceptors (Lipinski definition) is 2. The molecule has 0 aliphatic heterocycles. The van der Waals surface area contributed by atoms with Gasteiger partial charge in [0.2, 0.25) is 0 Å².